The number of aromatic carboxylic acids is 1. The molecule has 0 aliphatic carbocycles. The maximum atomic E-state index is 10.7. The van der Waals surface area contributed by atoms with E-state index >= 15 is 0 Å². The van der Waals surface area contributed by atoms with Crippen LogP contribution in [0.25, 0.3) is 10.8 Å². The molecule has 0 amide bonds. The topological polar surface area (TPSA) is 69.6 Å². The van der Waals surface area contributed by atoms with Crippen molar-refractivity contribution in [2.75, 3.05) is 13.2 Å². The first kappa shape index (κ1) is 15.6. The summed E-state index contributed by atoms with van der Waals surface area (Å²) in [6.07, 6.45) is 0. The van der Waals surface area contributed by atoms with Crippen molar-refractivity contribution in [3.8, 4) is 5.75 Å². The van der Waals surface area contributed by atoms with Crippen LogP contribution in [0.3, 0.4) is 0 Å². The second kappa shape index (κ2) is 7.23. The van der Waals surface area contributed by atoms with Crippen molar-refractivity contribution in [2.45, 2.75) is 0 Å². The predicted octanol–water partition coefficient (Wildman–Crippen LogP) is -2.42. The summed E-state index contributed by atoms with van der Waals surface area (Å²) in [5.41, 5.74) is 0.154. The molecule has 0 radical (unpaired) electrons. The molecule has 0 saturated carbocycles. The molecule has 0 spiro atoms. The Morgan fingerprint density at radius 1 is 1.17 bits per heavy atom. The molecule has 5 heteroatoms. The Kier molecular flexibility index (Phi) is 6.27. The number of hydrogen-bond donors (Lipinski definition) is 1. The van der Waals surface area contributed by atoms with Gasteiger partial charge in [0.25, 0.3) is 0 Å². The molecule has 0 unspecified atom stereocenters. The molecule has 4 nitrogen and oxygen atoms in total. The van der Waals surface area contributed by atoms with E-state index in [4.69, 9.17) is 9.84 Å². The Bertz CT molecular complexity index is 554. The summed E-state index contributed by atoms with van der Waals surface area (Å²) in [7, 11) is 0. The van der Waals surface area contributed by atoms with Gasteiger partial charge in [-0.05, 0) is 34.5 Å². The third-order valence-corrected chi connectivity index (χ3v) is 2.41. The average molecular weight is 270 g/mol. The molecule has 0 heterocycles. The van der Waals surface area contributed by atoms with E-state index in [1.54, 1.807) is 30.3 Å². The van der Waals surface area contributed by atoms with Crippen LogP contribution in [0.1, 0.15) is 10.4 Å². The van der Waals surface area contributed by atoms with E-state index in [0.717, 1.165) is 10.8 Å². The minimum Gasteiger partial charge on any atom is -0.545 e. The standard InChI is InChI=1S/C13H12O4.K/c14-5-6-17-12-4-3-9-7-11(13(15)16)2-1-10(9)8-12;/h1-4,7-8,14H,5-6H2,(H,15,16);/q;+1/p-1. The van der Waals surface area contributed by atoms with Gasteiger partial charge < -0.3 is 19.7 Å². The molecule has 2 aromatic rings. The van der Waals surface area contributed by atoms with Crippen molar-refractivity contribution in [1.29, 1.82) is 0 Å². The van der Waals surface area contributed by atoms with Gasteiger partial charge in [-0.2, -0.15) is 0 Å². The minimum atomic E-state index is -1.19. The van der Waals surface area contributed by atoms with Gasteiger partial charge in [0, 0.05) is 0 Å². The van der Waals surface area contributed by atoms with Crippen LogP contribution in [-0.2, 0) is 0 Å². The van der Waals surface area contributed by atoms with Gasteiger partial charge in [0.1, 0.15) is 12.4 Å². The maximum Gasteiger partial charge on any atom is 1.00 e. The Labute approximate surface area is 147 Å². The Hall–Kier alpha value is -0.434. The van der Waals surface area contributed by atoms with Crippen LogP contribution in [0.4, 0.5) is 0 Å². The van der Waals surface area contributed by atoms with Crippen LogP contribution in [0.15, 0.2) is 36.4 Å². The molecule has 2 aromatic carbocycles. The molecule has 0 saturated heterocycles. The first-order valence-electron chi connectivity index (χ1n) is 5.19. The second-order valence-electron chi connectivity index (χ2n) is 3.58. The molecule has 0 atom stereocenters. The van der Waals surface area contributed by atoms with E-state index in [2.05, 4.69) is 0 Å². The zero-order chi connectivity index (χ0) is 12.3. The Morgan fingerprint density at radius 2 is 1.83 bits per heavy atom. The fourth-order valence-corrected chi connectivity index (χ4v) is 1.60. The van der Waals surface area contributed by atoms with Gasteiger partial charge in [-0.25, -0.2) is 0 Å². The number of carbonyl (C=O) groups is 1. The van der Waals surface area contributed by atoms with Crippen LogP contribution < -0.4 is 61.2 Å². The van der Waals surface area contributed by atoms with Gasteiger partial charge in [-0.3, -0.25) is 0 Å². The van der Waals surface area contributed by atoms with E-state index < -0.39 is 5.97 Å². The largest absolute Gasteiger partial charge is 1.00 e. The van der Waals surface area contributed by atoms with Gasteiger partial charge in [-0.1, -0.05) is 18.2 Å². The quantitative estimate of drug-likeness (QED) is 0.628. The van der Waals surface area contributed by atoms with Gasteiger partial charge >= 0.3 is 51.4 Å². The summed E-state index contributed by atoms with van der Waals surface area (Å²) in [5.74, 6) is -0.541. The molecule has 1 N–H and O–H groups in total. The SMILES string of the molecule is O=C([O-])c1ccc2cc(OCCO)ccc2c1.[K+]. The van der Waals surface area contributed by atoms with Crippen LogP contribution in [0.5, 0.6) is 5.75 Å². The molecule has 0 aliphatic rings. The zero-order valence-electron chi connectivity index (χ0n) is 10.1. The smallest absolute Gasteiger partial charge is 0.545 e. The predicted molar refractivity (Wildman–Crippen MR) is 60.9 cm³/mol. The van der Waals surface area contributed by atoms with E-state index in [1.165, 1.54) is 6.07 Å². The number of aliphatic hydroxyl groups excluding tert-OH is 1. The van der Waals surface area contributed by atoms with Crippen molar-refractivity contribution in [3.05, 3.63) is 42.0 Å². The molecule has 0 aliphatic heterocycles. The van der Waals surface area contributed by atoms with Gasteiger partial charge in [0.2, 0.25) is 0 Å². The normalized spacial score (nSPS) is 9.83. The van der Waals surface area contributed by atoms with Crippen molar-refractivity contribution in [3.63, 3.8) is 0 Å². The fourth-order valence-electron chi connectivity index (χ4n) is 1.60. The molecule has 2 rings (SSSR count). The first-order chi connectivity index (χ1) is 8.20. The zero-order valence-corrected chi connectivity index (χ0v) is 13.2. The molecule has 0 bridgehead atoms. The van der Waals surface area contributed by atoms with Crippen molar-refractivity contribution in [2.24, 2.45) is 0 Å². The summed E-state index contributed by atoms with van der Waals surface area (Å²) in [6, 6.07) is 10.1. The number of carbonyl (C=O) groups excluding carboxylic acids is 1. The molecule has 0 aromatic heterocycles. The number of hydrogen-bond acceptors (Lipinski definition) is 4. The van der Waals surface area contributed by atoms with Crippen LogP contribution in [0, 0.1) is 0 Å². The Morgan fingerprint density at radius 3 is 2.50 bits per heavy atom. The van der Waals surface area contributed by atoms with E-state index in [9.17, 15) is 9.90 Å². The summed E-state index contributed by atoms with van der Waals surface area (Å²) in [5, 5.41) is 21.0. The van der Waals surface area contributed by atoms with Crippen LogP contribution in [-0.4, -0.2) is 24.3 Å². The molecular formula is C13H11KO4. The van der Waals surface area contributed by atoms with Crippen LogP contribution >= 0.6 is 0 Å². The summed E-state index contributed by atoms with van der Waals surface area (Å²) in [4.78, 5) is 10.7. The van der Waals surface area contributed by atoms with Crippen molar-refractivity contribution < 1.29 is 71.1 Å². The van der Waals surface area contributed by atoms with Gasteiger partial charge in [0.15, 0.2) is 0 Å². The first-order valence-corrected chi connectivity index (χ1v) is 5.19. The summed E-state index contributed by atoms with van der Waals surface area (Å²) in [6.45, 7) is 0.199. The number of carboxylic acids is 1. The van der Waals surface area contributed by atoms with Crippen LogP contribution in [0.2, 0.25) is 0 Å². The number of benzene rings is 2. The Balaban J connectivity index is 0.00000162. The third-order valence-electron chi connectivity index (χ3n) is 2.41. The number of rotatable bonds is 4. The second-order valence-corrected chi connectivity index (χ2v) is 3.58. The number of aliphatic hydroxyl groups is 1. The average Bonchev–Trinajstić information content (AvgIpc) is 2.35. The minimum absolute atomic E-state index is 0. The monoisotopic (exact) mass is 270 g/mol. The maximum absolute atomic E-state index is 10.7. The fraction of sp³-hybridized carbons (Fsp3) is 0.154. The van der Waals surface area contributed by atoms with E-state index in [1.807, 2.05) is 0 Å². The van der Waals surface area contributed by atoms with Gasteiger partial charge in [-0.15, -0.1) is 0 Å². The molecule has 88 valence electrons. The molecular weight excluding hydrogens is 259 g/mol. The summed E-state index contributed by atoms with van der Waals surface area (Å²) >= 11 is 0. The van der Waals surface area contributed by atoms with E-state index in [0.29, 0.717) is 5.75 Å². The number of ether oxygens (including phenoxy) is 1. The van der Waals surface area contributed by atoms with Gasteiger partial charge in [0.05, 0.1) is 12.6 Å². The number of fused-ring (bicyclic) bond motifs is 1. The van der Waals surface area contributed by atoms with Crippen molar-refractivity contribution >= 4 is 16.7 Å². The summed E-state index contributed by atoms with van der Waals surface area (Å²) < 4.78 is 5.26. The van der Waals surface area contributed by atoms with E-state index in [-0.39, 0.29) is 70.2 Å². The molecule has 18 heavy (non-hydrogen) atoms. The van der Waals surface area contributed by atoms with Crippen molar-refractivity contribution in [1.82, 2.24) is 0 Å². The third kappa shape index (κ3) is 3.78. The number of carboxylic acid groups (broad SMARTS) is 1. The molecule has 0 fully saturated rings.